The number of nitrogens with one attached hydrogen (secondary N) is 2. The van der Waals surface area contributed by atoms with Crippen molar-refractivity contribution in [3.63, 3.8) is 0 Å². The molecule has 1 aromatic heterocycles. The summed E-state index contributed by atoms with van der Waals surface area (Å²) in [5.41, 5.74) is 1.47. The first-order chi connectivity index (χ1) is 13.1. The molecule has 0 amide bonds. The number of ether oxygens (including phenoxy) is 2. The Morgan fingerprint density at radius 1 is 1.07 bits per heavy atom. The molecule has 3 rings (SSSR count). The number of H-pyrrole nitrogens is 1. The minimum absolute atomic E-state index is 0.158. The number of nitrogens with zero attached hydrogens (tertiary/aromatic N) is 2. The molecule has 2 aromatic carbocycles. The Hall–Kier alpha value is -2.51. The number of benzene rings is 2. The molecule has 142 valence electrons. The Kier molecular flexibility index (Phi) is 6.36. The molecule has 6 nitrogen and oxygen atoms in total. The fraction of sp³-hybridized carbons (Fsp3) is 0.222. The molecule has 0 saturated carbocycles. The summed E-state index contributed by atoms with van der Waals surface area (Å²) in [5, 5.41) is 10.4. The Morgan fingerprint density at radius 3 is 2.56 bits per heavy atom. The third-order valence-corrected chi connectivity index (χ3v) is 4.38. The second-order valence-corrected chi connectivity index (χ2v) is 6.35. The first kappa shape index (κ1) is 19.3. The van der Waals surface area contributed by atoms with Gasteiger partial charge in [-0.1, -0.05) is 29.3 Å². The number of anilines is 1. The van der Waals surface area contributed by atoms with Crippen molar-refractivity contribution in [1.82, 2.24) is 15.2 Å². The van der Waals surface area contributed by atoms with Crippen molar-refractivity contribution >= 4 is 29.2 Å². The van der Waals surface area contributed by atoms with Crippen LogP contribution in [0.5, 0.6) is 11.5 Å². The van der Waals surface area contributed by atoms with Crippen LogP contribution in [0.3, 0.4) is 0 Å². The zero-order valence-corrected chi connectivity index (χ0v) is 15.9. The Bertz CT molecular complexity index is 907. The van der Waals surface area contributed by atoms with Crippen molar-refractivity contribution in [2.24, 2.45) is 0 Å². The van der Waals surface area contributed by atoms with Gasteiger partial charge in [-0.25, -0.2) is 14.5 Å². The van der Waals surface area contributed by atoms with Crippen LogP contribution < -0.4 is 14.8 Å². The van der Waals surface area contributed by atoms with Crippen LogP contribution in [0.2, 0.25) is 10.0 Å². The third-order valence-electron chi connectivity index (χ3n) is 3.67. The zero-order valence-electron chi connectivity index (χ0n) is 14.4. The lowest BCUT2D eigenvalue weighted by atomic mass is 10.2. The summed E-state index contributed by atoms with van der Waals surface area (Å²) >= 11 is 12.4. The normalized spacial score (nSPS) is 10.7. The maximum absolute atomic E-state index is 13.2. The molecular formula is C18H17Cl2FN4O2. The molecule has 0 atom stereocenters. The van der Waals surface area contributed by atoms with Crippen LogP contribution in [0.25, 0.3) is 0 Å². The van der Waals surface area contributed by atoms with E-state index < -0.39 is 5.82 Å². The molecule has 0 aliphatic rings. The van der Waals surface area contributed by atoms with Crippen molar-refractivity contribution < 1.29 is 13.9 Å². The van der Waals surface area contributed by atoms with Gasteiger partial charge < -0.3 is 14.8 Å². The zero-order chi connectivity index (χ0) is 19.2. The summed E-state index contributed by atoms with van der Waals surface area (Å²) in [6, 6.07) is 7.64. The Morgan fingerprint density at radius 2 is 1.85 bits per heavy atom. The number of halogens is 3. The lowest BCUT2D eigenvalue weighted by Gasteiger charge is -2.15. The Balaban J connectivity index is 1.76. The molecule has 0 fully saturated rings. The lowest BCUT2D eigenvalue weighted by Crippen LogP contribution is -2.05. The van der Waals surface area contributed by atoms with Gasteiger partial charge in [0, 0.05) is 23.2 Å². The number of aromatic nitrogens is 3. The highest BCUT2D eigenvalue weighted by molar-refractivity contribution is 6.31. The molecule has 1 heterocycles. The van der Waals surface area contributed by atoms with E-state index in [4.69, 9.17) is 32.7 Å². The standard InChI is InChI=1S/C18H17Cl2FN4O2/c1-2-26-16-5-12(8-22-18-23-10-24-25-18)15(20)7-17(16)27-9-11-3-4-13(21)6-14(11)19/h3-7,10H,2,8-9H2,1H3,(H2,22,23,24,25). The van der Waals surface area contributed by atoms with E-state index in [-0.39, 0.29) is 6.61 Å². The van der Waals surface area contributed by atoms with Gasteiger partial charge in [0.15, 0.2) is 11.5 Å². The highest BCUT2D eigenvalue weighted by Gasteiger charge is 2.13. The molecule has 0 bridgehead atoms. The van der Waals surface area contributed by atoms with Gasteiger partial charge in [0.1, 0.15) is 18.8 Å². The molecule has 27 heavy (non-hydrogen) atoms. The molecular weight excluding hydrogens is 394 g/mol. The van der Waals surface area contributed by atoms with Crippen LogP contribution in [0.15, 0.2) is 36.7 Å². The average molecular weight is 411 g/mol. The molecule has 2 N–H and O–H groups in total. The van der Waals surface area contributed by atoms with Crippen molar-refractivity contribution in [2.45, 2.75) is 20.1 Å². The van der Waals surface area contributed by atoms with Gasteiger partial charge in [0.2, 0.25) is 5.95 Å². The van der Waals surface area contributed by atoms with E-state index in [1.807, 2.05) is 6.92 Å². The average Bonchev–Trinajstić information content (AvgIpc) is 3.15. The largest absolute Gasteiger partial charge is 0.490 e. The number of aromatic amines is 1. The van der Waals surface area contributed by atoms with E-state index in [0.717, 1.165) is 5.56 Å². The summed E-state index contributed by atoms with van der Waals surface area (Å²) in [6.07, 6.45) is 1.41. The van der Waals surface area contributed by atoms with Gasteiger partial charge in [-0.15, -0.1) is 0 Å². The Labute approximate surface area is 165 Å². The maximum Gasteiger partial charge on any atom is 0.218 e. The van der Waals surface area contributed by atoms with E-state index >= 15 is 0 Å². The van der Waals surface area contributed by atoms with Crippen molar-refractivity contribution in [1.29, 1.82) is 0 Å². The van der Waals surface area contributed by atoms with E-state index in [2.05, 4.69) is 20.5 Å². The molecule has 0 unspecified atom stereocenters. The van der Waals surface area contributed by atoms with Gasteiger partial charge in [-0.3, -0.25) is 0 Å². The van der Waals surface area contributed by atoms with Crippen LogP contribution in [0.1, 0.15) is 18.1 Å². The van der Waals surface area contributed by atoms with E-state index in [1.165, 1.54) is 18.5 Å². The van der Waals surface area contributed by atoms with Crippen LogP contribution in [-0.4, -0.2) is 21.8 Å². The third kappa shape index (κ3) is 5.02. The predicted molar refractivity (Wildman–Crippen MR) is 102 cm³/mol. The van der Waals surface area contributed by atoms with Gasteiger partial charge in [0.25, 0.3) is 0 Å². The van der Waals surface area contributed by atoms with E-state index in [1.54, 1.807) is 18.2 Å². The van der Waals surface area contributed by atoms with Crippen LogP contribution in [-0.2, 0) is 13.2 Å². The van der Waals surface area contributed by atoms with E-state index in [9.17, 15) is 4.39 Å². The quantitative estimate of drug-likeness (QED) is 0.555. The molecule has 0 radical (unpaired) electrons. The molecule has 3 aromatic rings. The highest BCUT2D eigenvalue weighted by Crippen LogP contribution is 2.35. The van der Waals surface area contributed by atoms with Gasteiger partial charge in [-0.05, 0) is 30.7 Å². The van der Waals surface area contributed by atoms with Crippen molar-refractivity contribution in [3.05, 3.63) is 63.6 Å². The van der Waals surface area contributed by atoms with Gasteiger partial charge in [-0.2, -0.15) is 5.10 Å². The fourth-order valence-corrected chi connectivity index (χ4v) is 2.80. The summed E-state index contributed by atoms with van der Waals surface area (Å²) in [5.74, 6) is 1.17. The van der Waals surface area contributed by atoms with Crippen molar-refractivity contribution in [2.75, 3.05) is 11.9 Å². The smallest absolute Gasteiger partial charge is 0.218 e. The SMILES string of the molecule is CCOc1cc(CNc2ncn[nH]2)c(Cl)cc1OCc1ccc(F)cc1Cl. The minimum atomic E-state index is -0.398. The lowest BCUT2D eigenvalue weighted by molar-refractivity contribution is 0.269. The molecule has 0 aliphatic carbocycles. The summed E-state index contributed by atoms with van der Waals surface area (Å²) in [6.45, 7) is 2.93. The fourth-order valence-electron chi connectivity index (χ4n) is 2.36. The number of rotatable bonds is 8. The van der Waals surface area contributed by atoms with Crippen molar-refractivity contribution in [3.8, 4) is 11.5 Å². The van der Waals surface area contributed by atoms with Gasteiger partial charge in [0.05, 0.1) is 11.6 Å². The second kappa shape index (κ2) is 8.92. The highest BCUT2D eigenvalue weighted by atomic mass is 35.5. The minimum Gasteiger partial charge on any atom is -0.490 e. The molecule has 9 heteroatoms. The summed E-state index contributed by atoms with van der Waals surface area (Å²) in [7, 11) is 0. The second-order valence-electron chi connectivity index (χ2n) is 5.54. The van der Waals surface area contributed by atoms with Crippen LogP contribution in [0.4, 0.5) is 10.3 Å². The molecule has 0 saturated heterocycles. The summed E-state index contributed by atoms with van der Waals surface area (Å²) < 4.78 is 24.7. The number of hydrogen-bond acceptors (Lipinski definition) is 5. The van der Waals surface area contributed by atoms with Gasteiger partial charge >= 0.3 is 0 Å². The first-order valence-electron chi connectivity index (χ1n) is 8.18. The van der Waals surface area contributed by atoms with E-state index in [0.29, 0.717) is 46.2 Å². The number of hydrogen-bond donors (Lipinski definition) is 2. The summed E-state index contributed by atoms with van der Waals surface area (Å²) in [4.78, 5) is 4.00. The predicted octanol–water partition coefficient (Wildman–Crippen LogP) is 4.84. The van der Waals surface area contributed by atoms with Crippen LogP contribution >= 0.6 is 23.2 Å². The topological polar surface area (TPSA) is 72.1 Å². The molecule has 0 spiro atoms. The molecule has 0 aliphatic heterocycles. The maximum atomic E-state index is 13.2. The first-order valence-corrected chi connectivity index (χ1v) is 8.93. The monoisotopic (exact) mass is 410 g/mol. The van der Waals surface area contributed by atoms with Crippen LogP contribution in [0, 0.1) is 5.82 Å².